The summed E-state index contributed by atoms with van der Waals surface area (Å²) >= 11 is 0. The number of fused-ring (bicyclic) bond motifs is 1. The van der Waals surface area contributed by atoms with Crippen molar-refractivity contribution >= 4 is 35.7 Å². The summed E-state index contributed by atoms with van der Waals surface area (Å²) in [7, 11) is 0. The van der Waals surface area contributed by atoms with Crippen molar-refractivity contribution in [2.24, 2.45) is 0 Å². The number of benzene rings is 1. The van der Waals surface area contributed by atoms with Gasteiger partial charge in [-0.1, -0.05) is 30.3 Å². The van der Waals surface area contributed by atoms with E-state index in [9.17, 15) is 28.8 Å². The number of ketones is 1. The molecule has 0 aliphatic carbocycles. The largest absolute Gasteiger partial charge is 0.344 e. The molecule has 0 aromatic heterocycles. The lowest BCUT2D eigenvalue weighted by atomic mass is 10.00. The fourth-order valence-electron chi connectivity index (χ4n) is 4.12. The van der Waals surface area contributed by atoms with E-state index in [4.69, 9.17) is 0 Å². The molecule has 2 fully saturated rings. The second-order valence-electron chi connectivity index (χ2n) is 8.32. The van der Waals surface area contributed by atoms with E-state index in [1.807, 2.05) is 30.3 Å². The number of aldehydes is 1. The second-order valence-corrected chi connectivity index (χ2v) is 8.32. The molecule has 3 atom stereocenters. The van der Waals surface area contributed by atoms with Gasteiger partial charge in [0, 0.05) is 19.4 Å². The van der Waals surface area contributed by atoms with E-state index in [1.165, 1.54) is 11.9 Å². The van der Waals surface area contributed by atoms with E-state index in [2.05, 4.69) is 10.6 Å². The molecule has 2 saturated heterocycles. The van der Waals surface area contributed by atoms with E-state index in [1.54, 1.807) is 0 Å². The van der Waals surface area contributed by atoms with Crippen LogP contribution in [0.2, 0.25) is 0 Å². The molecule has 10 heteroatoms. The molecule has 3 rings (SSSR count). The summed E-state index contributed by atoms with van der Waals surface area (Å²) in [6.45, 7) is 1.59. The molecule has 2 heterocycles. The van der Waals surface area contributed by atoms with Gasteiger partial charge in [-0.3, -0.25) is 29.0 Å². The molecular formula is C23H28N4O6. The normalized spacial score (nSPS) is 21.1. The van der Waals surface area contributed by atoms with Crippen molar-refractivity contribution in [3.8, 4) is 0 Å². The van der Waals surface area contributed by atoms with Gasteiger partial charge < -0.3 is 15.4 Å². The summed E-state index contributed by atoms with van der Waals surface area (Å²) in [4.78, 5) is 73.7. The molecule has 0 spiro atoms. The van der Waals surface area contributed by atoms with Gasteiger partial charge in [0.2, 0.25) is 17.7 Å². The van der Waals surface area contributed by atoms with Gasteiger partial charge in [-0.25, -0.2) is 5.01 Å². The zero-order chi connectivity index (χ0) is 24.0. The standard InChI is InChI=1S/C23H28N4O6/c1-15(29)12-17(14-28)24-22(32)19-8-5-11-26-21(31)13-18(23(33)27(19)26)25-20(30)10-9-16-6-3-2-4-7-16/h2-4,6-7,14,17-19H,5,8-13H2,1H3,(H,24,32)(H,25,30)/t17-,18+,19-/m0/s1. The van der Waals surface area contributed by atoms with Crippen LogP contribution in [0.25, 0.3) is 0 Å². The van der Waals surface area contributed by atoms with Crippen molar-refractivity contribution in [1.29, 1.82) is 0 Å². The first-order chi connectivity index (χ1) is 15.8. The Bertz CT molecular complexity index is 934. The molecule has 176 valence electrons. The van der Waals surface area contributed by atoms with E-state index in [-0.39, 0.29) is 43.4 Å². The average Bonchev–Trinajstić information content (AvgIpc) is 2.80. The fraction of sp³-hybridized carbons (Fsp3) is 0.478. The first-order valence-electron chi connectivity index (χ1n) is 11.0. The molecule has 0 unspecified atom stereocenters. The average molecular weight is 456 g/mol. The number of nitrogens with one attached hydrogen (secondary N) is 2. The molecular weight excluding hydrogens is 428 g/mol. The van der Waals surface area contributed by atoms with E-state index in [0.717, 1.165) is 10.6 Å². The molecule has 4 amide bonds. The molecule has 2 aliphatic rings. The van der Waals surface area contributed by atoms with Crippen molar-refractivity contribution in [3.05, 3.63) is 35.9 Å². The van der Waals surface area contributed by atoms with Crippen molar-refractivity contribution in [2.75, 3.05) is 6.54 Å². The lowest BCUT2D eigenvalue weighted by Crippen LogP contribution is -2.69. The summed E-state index contributed by atoms with van der Waals surface area (Å²) in [6, 6.07) is 6.35. The number of aryl methyl sites for hydroxylation is 1. The third kappa shape index (κ3) is 6.03. The molecule has 33 heavy (non-hydrogen) atoms. The van der Waals surface area contributed by atoms with Crippen molar-refractivity contribution < 1.29 is 28.8 Å². The van der Waals surface area contributed by atoms with Gasteiger partial charge >= 0.3 is 0 Å². The van der Waals surface area contributed by atoms with Gasteiger partial charge in [0.1, 0.15) is 24.2 Å². The van der Waals surface area contributed by atoms with E-state index >= 15 is 0 Å². The minimum atomic E-state index is -1.07. The molecule has 10 nitrogen and oxygen atoms in total. The summed E-state index contributed by atoms with van der Waals surface area (Å²) in [5.41, 5.74) is 0.980. The lowest BCUT2D eigenvalue weighted by Gasteiger charge is -2.47. The van der Waals surface area contributed by atoms with Gasteiger partial charge in [-0.2, -0.15) is 0 Å². The van der Waals surface area contributed by atoms with Crippen LogP contribution < -0.4 is 10.6 Å². The Morgan fingerprint density at radius 1 is 1.18 bits per heavy atom. The van der Waals surface area contributed by atoms with Crippen molar-refractivity contribution in [1.82, 2.24) is 20.7 Å². The highest BCUT2D eigenvalue weighted by Crippen LogP contribution is 2.25. The van der Waals surface area contributed by atoms with Crippen LogP contribution in [-0.4, -0.2) is 70.4 Å². The Labute approximate surface area is 191 Å². The topological polar surface area (TPSA) is 133 Å². The quantitative estimate of drug-likeness (QED) is 0.499. The highest BCUT2D eigenvalue weighted by molar-refractivity contribution is 5.99. The summed E-state index contributed by atoms with van der Waals surface area (Å²) < 4.78 is 0. The number of carbonyl (C=O) groups is 6. The molecule has 0 radical (unpaired) electrons. The number of amides is 4. The third-order valence-electron chi connectivity index (χ3n) is 5.71. The number of rotatable bonds is 9. The SMILES string of the molecule is CC(=O)C[C@@H](C=O)NC(=O)[C@@H]1CCCN2C(=O)C[C@@H](NC(=O)CCc3ccccc3)C(=O)N12. The Morgan fingerprint density at radius 3 is 2.58 bits per heavy atom. The Balaban J connectivity index is 1.67. The molecule has 0 saturated carbocycles. The van der Waals surface area contributed by atoms with Crippen LogP contribution >= 0.6 is 0 Å². The van der Waals surface area contributed by atoms with Gasteiger partial charge in [0.15, 0.2) is 0 Å². The van der Waals surface area contributed by atoms with E-state index < -0.39 is 29.9 Å². The number of hydrogen-bond donors (Lipinski definition) is 2. The maximum Gasteiger partial charge on any atom is 0.265 e. The second kappa shape index (κ2) is 10.8. The number of hydrazine groups is 1. The maximum absolute atomic E-state index is 13.2. The Kier molecular flexibility index (Phi) is 7.92. The van der Waals surface area contributed by atoms with Gasteiger partial charge in [-0.05, 0) is 31.7 Å². The highest BCUT2D eigenvalue weighted by Gasteiger charge is 2.47. The molecule has 1 aromatic rings. The van der Waals surface area contributed by atoms with Crippen LogP contribution in [-0.2, 0) is 35.2 Å². The van der Waals surface area contributed by atoms with Crippen LogP contribution in [0.3, 0.4) is 0 Å². The summed E-state index contributed by atoms with van der Waals surface area (Å²) in [5, 5.41) is 7.45. The summed E-state index contributed by atoms with van der Waals surface area (Å²) in [5.74, 6) is -2.15. The number of Topliss-reactive ketones (excluding diaryl/α,β-unsaturated/α-hetero) is 1. The smallest absolute Gasteiger partial charge is 0.265 e. The summed E-state index contributed by atoms with van der Waals surface area (Å²) in [6.07, 6.45) is 1.58. The number of nitrogens with zero attached hydrogens (tertiary/aromatic N) is 2. The van der Waals surface area contributed by atoms with Crippen LogP contribution in [0.4, 0.5) is 0 Å². The third-order valence-corrected chi connectivity index (χ3v) is 5.71. The Morgan fingerprint density at radius 2 is 1.91 bits per heavy atom. The first-order valence-corrected chi connectivity index (χ1v) is 11.0. The highest BCUT2D eigenvalue weighted by atomic mass is 16.2. The van der Waals surface area contributed by atoms with Crippen LogP contribution in [0, 0.1) is 0 Å². The Hall–Kier alpha value is -3.56. The number of carbonyl (C=O) groups excluding carboxylic acids is 6. The molecule has 1 aromatic carbocycles. The fourth-order valence-corrected chi connectivity index (χ4v) is 4.12. The lowest BCUT2D eigenvalue weighted by molar-refractivity contribution is -0.186. The zero-order valence-corrected chi connectivity index (χ0v) is 18.5. The van der Waals surface area contributed by atoms with Gasteiger partial charge in [0.05, 0.1) is 12.5 Å². The van der Waals surface area contributed by atoms with E-state index in [0.29, 0.717) is 25.5 Å². The van der Waals surface area contributed by atoms with Crippen molar-refractivity contribution in [3.63, 3.8) is 0 Å². The zero-order valence-electron chi connectivity index (χ0n) is 18.5. The minimum Gasteiger partial charge on any atom is -0.344 e. The van der Waals surface area contributed by atoms with Crippen LogP contribution in [0.15, 0.2) is 30.3 Å². The molecule has 0 bridgehead atoms. The number of hydrogen-bond acceptors (Lipinski definition) is 6. The van der Waals surface area contributed by atoms with Crippen molar-refractivity contribution in [2.45, 2.75) is 63.6 Å². The van der Waals surface area contributed by atoms with Gasteiger partial charge in [0.25, 0.3) is 5.91 Å². The maximum atomic E-state index is 13.2. The predicted molar refractivity (Wildman–Crippen MR) is 116 cm³/mol. The molecule has 2 aliphatic heterocycles. The monoisotopic (exact) mass is 456 g/mol. The van der Waals surface area contributed by atoms with Crippen LogP contribution in [0.1, 0.15) is 44.6 Å². The minimum absolute atomic E-state index is 0.154. The van der Waals surface area contributed by atoms with Gasteiger partial charge in [-0.15, -0.1) is 0 Å². The van der Waals surface area contributed by atoms with Crippen LogP contribution in [0.5, 0.6) is 0 Å². The predicted octanol–water partition coefficient (Wildman–Crippen LogP) is -0.0949. The molecule has 2 N–H and O–H groups in total. The first kappa shape index (κ1) is 24.1.